The average Bonchev–Trinajstić information content (AvgIpc) is 2.15. The first-order chi connectivity index (χ1) is 6.59. The number of anilines is 1. The average molecular weight is 276 g/mol. The molecule has 0 bridgehead atoms. The summed E-state index contributed by atoms with van der Waals surface area (Å²) in [5.74, 6) is -0.0748. The molecule has 2 rings (SSSR count). The molecular formula is C9H8BrClN2O. The summed E-state index contributed by atoms with van der Waals surface area (Å²) >= 11 is 9.29. The molecule has 14 heavy (non-hydrogen) atoms. The molecule has 0 spiro atoms. The van der Waals surface area contributed by atoms with E-state index in [4.69, 9.17) is 17.3 Å². The molecule has 74 valence electrons. The molecule has 1 heterocycles. The fourth-order valence-electron chi connectivity index (χ4n) is 1.37. The van der Waals surface area contributed by atoms with Gasteiger partial charge in [0.05, 0.1) is 17.3 Å². The van der Waals surface area contributed by atoms with Gasteiger partial charge in [-0.2, -0.15) is 0 Å². The molecule has 0 aromatic heterocycles. The van der Waals surface area contributed by atoms with E-state index in [-0.39, 0.29) is 11.9 Å². The third-order valence-electron chi connectivity index (χ3n) is 2.16. The minimum Gasteiger partial charge on any atom is -0.318 e. The molecule has 0 radical (unpaired) electrons. The van der Waals surface area contributed by atoms with Crippen LogP contribution >= 0.6 is 27.5 Å². The predicted molar refractivity (Wildman–Crippen MR) is 59.5 cm³/mol. The standard InChI is InChI=1S/C9H8BrClN2O/c10-5-1-2-8(6(11)3-5)13-4-7(12)9(13)14/h1-3,7H,4,12H2. The number of nitrogens with two attached hydrogens (primary N) is 1. The lowest BCUT2D eigenvalue weighted by Crippen LogP contribution is -2.61. The highest BCUT2D eigenvalue weighted by Gasteiger charge is 2.35. The van der Waals surface area contributed by atoms with Gasteiger partial charge in [0.1, 0.15) is 6.04 Å². The van der Waals surface area contributed by atoms with Crippen molar-refractivity contribution >= 4 is 39.1 Å². The van der Waals surface area contributed by atoms with Crippen molar-refractivity contribution in [2.45, 2.75) is 6.04 Å². The van der Waals surface area contributed by atoms with E-state index >= 15 is 0 Å². The maximum absolute atomic E-state index is 11.3. The SMILES string of the molecule is NC1CN(c2ccc(Br)cc2Cl)C1=O. The lowest BCUT2D eigenvalue weighted by Gasteiger charge is -2.36. The Labute approximate surface area is 95.0 Å². The largest absolute Gasteiger partial charge is 0.318 e. The first kappa shape index (κ1) is 9.96. The van der Waals surface area contributed by atoms with Crippen molar-refractivity contribution in [1.29, 1.82) is 0 Å². The molecule has 1 fully saturated rings. The summed E-state index contributed by atoms with van der Waals surface area (Å²) < 4.78 is 0.892. The molecule has 1 aliphatic rings. The van der Waals surface area contributed by atoms with Crippen molar-refractivity contribution in [2.75, 3.05) is 11.4 Å². The van der Waals surface area contributed by atoms with Crippen molar-refractivity contribution in [3.05, 3.63) is 27.7 Å². The zero-order chi connectivity index (χ0) is 10.3. The van der Waals surface area contributed by atoms with Crippen molar-refractivity contribution in [3.8, 4) is 0 Å². The van der Waals surface area contributed by atoms with Crippen LogP contribution in [0.2, 0.25) is 5.02 Å². The number of hydrogen-bond acceptors (Lipinski definition) is 2. The molecular weight excluding hydrogens is 267 g/mol. The smallest absolute Gasteiger partial charge is 0.245 e. The molecule has 1 aromatic carbocycles. The van der Waals surface area contributed by atoms with E-state index in [1.165, 1.54) is 0 Å². The van der Waals surface area contributed by atoms with Gasteiger partial charge in [0.25, 0.3) is 0 Å². The van der Waals surface area contributed by atoms with Gasteiger partial charge < -0.3 is 10.6 Å². The van der Waals surface area contributed by atoms with Crippen LogP contribution in [0.4, 0.5) is 5.69 Å². The lowest BCUT2D eigenvalue weighted by molar-refractivity contribution is -0.123. The molecule has 1 saturated heterocycles. The van der Waals surface area contributed by atoms with Crippen LogP contribution in [0.1, 0.15) is 0 Å². The molecule has 1 unspecified atom stereocenters. The van der Waals surface area contributed by atoms with Crippen LogP contribution in [0.25, 0.3) is 0 Å². The van der Waals surface area contributed by atoms with E-state index in [0.29, 0.717) is 11.6 Å². The summed E-state index contributed by atoms with van der Waals surface area (Å²) in [6.45, 7) is 0.542. The second-order valence-electron chi connectivity index (χ2n) is 3.15. The van der Waals surface area contributed by atoms with Crippen LogP contribution in [-0.4, -0.2) is 18.5 Å². The van der Waals surface area contributed by atoms with Gasteiger partial charge in [-0.1, -0.05) is 27.5 Å². The van der Waals surface area contributed by atoms with Gasteiger partial charge in [0.15, 0.2) is 0 Å². The third-order valence-corrected chi connectivity index (χ3v) is 2.96. The quantitative estimate of drug-likeness (QED) is 0.794. The van der Waals surface area contributed by atoms with E-state index in [9.17, 15) is 4.79 Å². The van der Waals surface area contributed by atoms with Gasteiger partial charge in [0.2, 0.25) is 5.91 Å². The van der Waals surface area contributed by atoms with Crippen LogP contribution in [0.3, 0.4) is 0 Å². The number of amides is 1. The van der Waals surface area contributed by atoms with Gasteiger partial charge in [-0.25, -0.2) is 0 Å². The van der Waals surface area contributed by atoms with E-state index in [0.717, 1.165) is 10.2 Å². The minimum atomic E-state index is -0.366. The Morgan fingerprint density at radius 1 is 1.57 bits per heavy atom. The van der Waals surface area contributed by atoms with E-state index < -0.39 is 0 Å². The summed E-state index contributed by atoms with van der Waals surface area (Å²) in [6, 6.07) is 5.04. The molecule has 2 N–H and O–H groups in total. The molecule has 0 aliphatic carbocycles. The van der Waals surface area contributed by atoms with Gasteiger partial charge >= 0.3 is 0 Å². The number of hydrogen-bond donors (Lipinski definition) is 1. The second kappa shape index (κ2) is 3.53. The summed E-state index contributed by atoms with van der Waals surface area (Å²) in [5.41, 5.74) is 6.21. The number of nitrogens with zero attached hydrogens (tertiary/aromatic N) is 1. The Hall–Kier alpha value is -0.580. The summed E-state index contributed by atoms with van der Waals surface area (Å²) in [6.07, 6.45) is 0. The number of rotatable bonds is 1. The molecule has 1 aromatic rings. The Balaban J connectivity index is 2.30. The van der Waals surface area contributed by atoms with E-state index in [1.54, 1.807) is 17.0 Å². The zero-order valence-corrected chi connectivity index (χ0v) is 9.55. The van der Waals surface area contributed by atoms with Gasteiger partial charge in [-0.15, -0.1) is 0 Å². The van der Waals surface area contributed by atoms with Crippen molar-refractivity contribution < 1.29 is 4.79 Å². The summed E-state index contributed by atoms with van der Waals surface area (Å²) in [5, 5.41) is 0.555. The Morgan fingerprint density at radius 3 is 2.79 bits per heavy atom. The zero-order valence-electron chi connectivity index (χ0n) is 7.21. The number of carbonyl (C=O) groups excluding carboxylic acids is 1. The Morgan fingerprint density at radius 2 is 2.29 bits per heavy atom. The highest BCUT2D eigenvalue weighted by molar-refractivity contribution is 9.10. The number of halogens is 2. The molecule has 1 aliphatic heterocycles. The van der Waals surface area contributed by atoms with Crippen LogP contribution in [0.5, 0.6) is 0 Å². The monoisotopic (exact) mass is 274 g/mol. The highest BCUT2D eigenvalue weighted by Crippen LogP contribution is 2.31. The number of β-lactam (4-membered cyclic amide) rings is 1. The maximum atomic E-state index is 11.3. The normalized spacial score (nSPS) is 20.9. The Kier molecular flexibility index (Phi) is 2.51. The molecule has 0 saturated carbocycles. The highest BCUT2D eigenvalue weighted by atomic mass is 79.9. The van der Waals surface area contributed by atoms with Crippen molar-refractivity contribution in [1.82, 2.24) is 0 Å². The fraction of sp³-hybridized carbons (Fsp3) is 0.222. The second-order valence-corrected chi connectivity index (χ2v) is 4.47. The first-order valence-corrected chi connectivity index (χ1v) is 5.28. The van der Waals surface area contributed by atoms with Crippen LogP contribution in [-0.2, 0) is 4.79 Å². The maximum Gasteiger partial charge on any atom is 0.245 e. The third kappa shape index (κ3) is 1.54. The molecule has 5 heteroatoms. The first-order valence-electron chi connectivity index (χ1n) is 4.11. The van der Waals surface area contributed by atoms with Crippen molar-refractivity contribution in [2.24, 2.45) is 5.73 Å². The lowest BCUT2D eigenvalue weighted by atomic mass is 10.1. The summed E-state index contributed by atoms with van der Waals surface area (Å²) in [4.78, 5) is 12.9. The molecule has 1 atom stereocenters. The summed E-state index contributed by atoms with van der Waals surface area (Å²) in [7, 11) is 0. The van der Waals surface area contributed by atoms with Crippen molar-refractivity contribution in [3.63, 3.8) is 0 Å². The van der Waals surface area contributed by atoms with Crippen LogP contribution in [0.15, 0.2) is 22.7 Å². The van der Waals surface area contributed by atoms with Gasteiger partial charge in [-0.05, 0) is 18.2 Å². The Bertz CT molecular complexity index is 396. The number of benzene rings is 1. The van der Waals surface area contributed by atoms with Crippen LogP contribution in [0, 0.1) is 0 Å². The molecule has 3 nitrogen and oxygen atoms in total. The van der Waals surface area contributed by atoms with E-state index in [2.05, 4.69) is 15.9 Å². The minimum absolute atomic E-state index is 0.0748. The molecule has 1 amide bonds. The topological polar surface area (TPSA) is 46.3 Å². The van der Waals surface area contributed by atoms with Crippen LogP contribution < -0.4 is 10.6 Å². The number of carbonyl (C=O) groups is 1. The predicted octanol–water partition coefficient (Wildman–Crippen LogP) is 1.78. The van der Waals surface area contributed by atoms with E-state index in [1.807, 2.05) is 6.07 Å². The van der Waals surface area contributed by atoms with Gasteiger partial charge in [-0.3, -0.25) is 4.79 Å². The van der Waals surface area contributed by atoms with Gasteiger partial charge in [0, 0.05) is 4.47 Å². The fourth-order valence-corrected chi connectivity index (χ4v) is 2.15.